The Morgan fingerprint density at radius 3 is 2.76 bits per heavy atom. The van der Waals surface area contributed by atoms with Gasteiger partial charge in [0.05, 0.1) is 32.7 Å². The lowest BCUT2D eigenvalue weighted by atomic mass is 10.1. The first-order chi connectivity index (χ1) is 14.2. The maximum Gasteiger partial charge on any atom is 0.184 e. The Kier molecular flexibility index (Phi) is 6.29. The van der Waals surface area contributed by atoms with Gasteiger partial charge >= 0.3 is 0 Å². The van der Waals surface area contributed by atoms with Crippen molar-refractivity contribution in [3.8, 4) is 0 Å². The van der Waals surface area contributed by atoms with Gasteiger partial charge in [-0.05, 0) is 31.7 Å². The van der Waals surface area contributed by atoms with E-state index in [0.717, 1.165) is 37.6 Å². The van der Waals surface area contributed by atoms with E-state index >= 15 is 0 Å². The maximum absolute atomic E-state index is 14.1. The van der Waals surface area contributed by atoms with Crippen LogP contribution in [0.25, 0.3) is 11.2 Å². The van der Waals surface area contributed by atoms with Crippen molar-refractivity contribution in [2.45, 2.75) is 45.6 Å². The van der Waals surface area contributed by atoms with Crippen LogP contribution < -0.4 is 10.2 Å². The lowest BCUT2D eigenvalue weighted by Gasteiger charge is -2.23. The Morgan fingerprint density at radius 2 is 1.97 bits per heavy atom. The number of aromatic nitrogens is 5. The van der Waals surface area contributed by atoms with Crippen LogP contribution in [0.1, 0.15) is 44.0 Å². The molecule has 0 spiro atoms. The van der Waals surface area contributed by atoms with Crippen molar-refractivity contribution in [1.82, 2.24) is 25.0 Å². The number of aryl methyl sites for hydroxylation is 1. The van der Waals surface area contributed by atoms with Crippen LogP contribution in [0.15, 0.2) is 24.3 Å². The monoisotopic (exact) mass is 398 g/mol. The molecule has 8 heteroatoms. The standard InChI is InChI=1S/C21H28FN7/c1-2-8-18-24-20(23-11-14-28-12-6-3-7-13-28)19-21(25-18)29(27-26-19)15-16-9-4-5-10-17(16)22/h4-5,9-10H,2-3,6-8,11-15H2,1H3,(H,23,24,25)/p+1. The Hall–Kier alpha value is -2.61. The SMILES string of the molecule is CCCc1nc(NCC[NH+]2CCCCC2)c2nnn(Cc3ccccc3F)c2n1. The molecule has 4 rings (SSSR count). The van der Waals surface area contributed by atoms with E-state index in [-0.39, 0.29) is 5.82 Å². The topological polar surface area (TPSA) is 73.0 Å². The highest BCUT2D eigenvalue weighted by molar-refractivity contribution is 5.82. The fourth-order valence-electron chi connectivity index (χ4n) is 3.91. The van der Waals surface area contributed by atoms with Gasteiger partial charge < -0.3 is 10.2 Å². The summed E-state index contributed by atoms with van der Waals surface area (Å²) in [5, 5.41) is 12.0. The van der Waals surface area contributed by atoms with Gasteiger partial charge in [0.15, 0.2) is 17.0 Å². The number of quaternary nitrogens is 1. The summed E-state index contributed by atoms with van der Waals surface area (Å²) >= 11 is 0. The second kappa shape index (κ2) is 9.26. The van der Waals surface area contributed by atoms with Crippen LogP contribution >= 0.6 is 0 Å². The zero-order chi connectivity index (χ0) is 20.1. The summed E-state index contributed by atoms with van der Waals surface area (Å²) in [5.74, 6) is 1.25. The highest BCUT2D eigenvalue weighted by Crippen LogP contribution is 2.19. The Bertz CT molecular complexity index is 949. The Morgan fingerprint density at radius 1 is 1.14 bits per heavy atom. The third kappa shape index (κ3) is 4.70. The van der Waals surface area contributed by atoms with Crippen molar-refractivity contribution in [3.05, 3.63) is 41.5 Å². The lowest BCUT2D eigenvalue weighted by molar-refractivity contribution is -0.903. The molecule has 2 aromatic heterocycles. The Labute approximate surface area is 170 Å². The first-order valence-corrected chi connectivity index (χ1v) is 10.7. The van der Waals surface area contributed by atoms with Crippen LogP contribution in [0.4, 0.5) is 10.2 Å². The number of fused-ring (bicyclic) bond motifs is 1. The molecule has 2 N–H and O–H groups in total. The molecule has 1 saturated heterocycles. The van der Waals surface area contributed by atoms with E-state index in [1.807, 2.05) is 6.07 Å². The molecule has 1 aliphatic rings. The number of nitrogens with one attached hydrogen (secondary N) is 2. The van der Waals surface area contributed by atoms with Crippen molar-refractivity contribution in [2.75, 3.05) is 31.5 Å². The van der Waals surface area contributed by atoms with Crippen molar-refractivity contribution < 1.29 is 9.29 Å². The first-order valence-electron chi connectivity index (χ1n) is 10.7. The van der Waals surface area contributed by atoms with Gasteiger partial charge in [0, 0.05) is 12.0 Å². The molecule has 1 fully saturated rings. The van der Waals surface area contributed by atoms with Gasteiger partial charge in [-0.15, -0.1) is 5.10 Å². The van der Waals surface area contributed by atoms with E-state index in [1.54, 1.807) is 21.7 Å². The van der Waals surface area contributed by atoms with Gasteiger partial charge in [0.25, 0.3) is 0 Å². The van der Waals surface area contributed by atoms with Crippen LogP contribution in [0.2, 0.25) is 0 Å². The zero-order valence-electron chi connectivity index (χ0n) is 17.0. The average Bonchev–Trinajstić information content (AvgIpc) is 3.14. The van der Waals surface area contributed by atoms with Gasteiger partial charge in [-0.1, -0.05) is 30.3 Å². The number of halogens is 1. The minimum Gasteiger partial charge on any atom is -0.362 e. The van der Waals surface area contributed by atoms with E-state index in [4.69, 9.17) is 0 Å². The smallest absolute Gasteiger partial charge is 0.184 e. The molecule has 29 heavy (non-hydrogen) atoms. The number of benzene rings is 1. The van der Waals surface area contributed by atoms with E-state index in [9.17, 15) is 4.39 Å². The molecular formula is C21H29FN7+. The second-order valence-electron chi connectivity index (χ2n) is 7.74. The van der Waals surface area contributed by atoms with E-state index in [0.29, 0.717) is 23.3 Å². The number of rotatable bonds is 8. The molecule has 0 unspecified atom stereocenters. The molecule has 1 aliphatic heterocycles. The lowest BCUT2D eigenvalue weighted by Crippen LogP contribution is -3.13. The minimum atomic E-state index is -0.248. The molecule has 0 radical (unpaired) electrons. The third-order valence-electron chi connectivity index (χ3n) is 5.49. The van der Waals surface area contributed by atoms with Crippen LogP contribution in [-0.4, -0.2) is 51.1 Å². The van der Waals surface area contributed by atoms with Crippen molar-refractivity contribution in [2.24, 2.45) is 0 Å². The molecule has 0 bridgehead atoms. The highest BCUT2D eigenvalue weighted by Gasteiger charge is 2.17. The summed E-state index contributed by atoms with van der Waals surface area (Å²) in [4.78, 5) is 11.0. The van der Waals surface area contributed by atoms with E-state index in [1.165, 1.54) is 38.4 Å². The highest BCUT2D eigenvalue weighted by atomic mass is 19.1. The van der Waals surface area contributed by atoms with E-state index < -0.39 is 0 Å². The summed E-state index contributed by atoms with van der Waals surface area (Å²) in [7, 11) is 0. The van der Waals surface area contributed by atoms with E-state index in [2.05, 4.69) is 32.5 Å². The number of hydrogen-bond acceptors (Lipinski definition) is 5. The summed E-state index contributed by atoms with van der Waals surface area (Å²) in [6, 6.07) is 6.73. The minimum absolute atomic E-state index is 0.248. The van der Waals surface area contributed by atoms with Crippen molar-refractivity contribution >= 4 is 17.0 Å². The predicted octanol–water partition coefficient (Wildman–Crippen LogP) is 1.84. The largest absolute Gasteiger partial charge is 0.362 e. The zero-order valence-corrected chi connectivity index (χ0v) is 17.0. The van der Waals surface area contributed by atoms with Crippen molar-refractivity contribution in [3.63, 3.8) is 0 Å². The molecule has 3 aromatic rings. The van der Waals surface area contributed by atoms with Crippen LogP contribution in [0.3, 0.4) is 0 Å². The van der Waals surface area contributed by atoms with Gasteiger partial charge in [0.1, 0.15) is 11.6 Å². The van der Waals surface area contributed by atoms with Gasteiger partial charge in [-0.2, -0.15) is 0 Å². The van der Waals surface area contributed by atoms with Gasteiger partial charge in [-0.3, -0.25) is 0 Å². The molecule has 0 amide bonds. The predicted molar refractivity (Wildman–Crippen MR) is 111 cm³/mol. The molecule has 0 atom stereocenters. The van der Waals surface area contributed by atoms with Crippen LogP contribution in [-0.2, 0) is 13.0 Å². The summed E-state index contributed by atoms with van der Waals surface area (Å²) in [6.45, 7) is 6.81. The fourth-order valence-corrected chi connectivity index (χ4v) is 3.91. The fraction of sp³-hybridized carbons (Fsp3) is 0.524. The third-order valence-corrected chi connectivity index (χ3v) is 5.49. The molecule has 154 valence electrons. The summed E-state index contributed by atoms with van der Waals surface area (Å²) in [5.41, 5.74) is 1.87. The number of likely N-dealkylation sites (tertiary alicyclic amines) is 1. The first kappa shape index (κ1) is 19.7. The van der Waals surface area contributed by atoms with Crippen LogP contribution in [0.5, 0.6) is 0 Å². The van der Waals surface area contributed by atoms with Crippen molar-refractivity contribution in [1.29, 1.82) is 0 Å². The summed E-state index contributed by atoms with van der Waals surface area (Å²) < 4.78 is 15.8. The quantitative estimate of drug-likeness (QED) is 0.606. The molecular weight excluding hydrogens is 369 g/mol. The number of hydrogen-bond donors (Lipinski definition) is 2. The number of nitrogens with zero attached hydrogens (tertiary/aromatic N) is 5. The molecule has 7 nitrogen and oxygen atoms in total. The molecule has 3 heterocycles. The molecule has 1 aromatic carbocycles. The number of piperidine rings is 1. The average molecular weight is 399 g/mol. The molecule has 0 saturated carbocycles. The van der Waals surface area contributed by atoms with Crippen LogP contribution in [0, 0.1) is 5.82 Å². The molecule has 0 aliphatic carbocycles. The maximum atomic E-state index is 14.1. The van der Waals surface area contributed by atoms with Gasteiger partial charge in [0.2, 0.25) is 0 Å². The Balaban J connectivity index is 1.56. The number of anilines is 1. The normalized spacial score (nSPS) is 15.1. The second-order valence-corrected chi connectivity index (χ2v) is 7.74. The van der Waals surface area contributed by atoms with Gasteiger partial charge in [-0.25, -0.2) is 19.0 Å². The summed E-state index contributed by atoms with van der Waals surface area (Å²) in [6.07, 6.45) is 5.73.